The molecule has 10 nitrogen and oxygen atoms in total. The van der Waals surface area contributed by atoms with Crippen LogP contribution in [-0.4, -0.2) is 68.2 Å². The van der Waals surface area contributed by atoms with Gasteiger partial charge in [0, 0.05) is 37.3 Å². The number of ether oxygens (including phenoxy) is 2. The van der Waals surface area contributed by atoms with Crippen molar-refractivity contribution in [1.29, 1.82) is 0 Å². The van der Waals surface area contributed by atoms with Crippen molar-refractivity contribution in [2.75, 3.05) is 50.6 Å². The normalized spacial score (nSPS) is 13.0. The minimum Gasteiger partial charge on any atom is -0.496 e. The van der Waals surface area contributed by atoms with E-state index < -0.39 is 5.97 Å². The Hall–Kier alpha value is -4.83. The molecule has 5 rings (SSSR count). The molecule has 0 radical (unpaired) electrons. The van der Waals surface area contributed by atoms with Crippen LogP contribution in [0.5, 0.6) is 5.75 Å². The fraction of sp³-hybridized carbons (Fsp3) is 0.250. The van der Waals surface area contributed by atoms with Crippen molar-refractivity contribution in [2.45, 2.75) is 13.8 Å². The molecule has 0 atom stereocenters. The minimum absolute atomic E-state index is 0.136. The highest BCUT2D eigenvalue weighted by Crippen LogP contribution is 2.36. The first-order chi connectivity index (χ1) is 20.7. The summed E-state index contributed by atoms with van der Waals surface area (Å²) in [6.45, 7) is 5.36. The predicted octanol–water partition coefficient (Wildman–Crippen LogP) is 5.62. The minimum atomic E-state index is -0.627. The first-order valence-electron chi connectivity index (χ1n) is 13.7. The van der Waals surface area contributed by atoms with Gasteiger partial charge in [-0.05, 0) is 50.2 Å². The number of amides is 2. The lowest BCUT2D eigenvalue weighted by molar-refractivity contribution is 0.0601. The molecule has 1 N–H and O–H groups in total. The zero-order valence-electron chi connectivity index (χ0n) is 24.3. The zero-order valence-corrected chi connectivity index (χ0v) is 25.0. The van der Waals surface area contributed by atoms with Crippen molar-refractivity contribution in [3.05, 3.63) is 93.7 Å². The Kier molecular flexibility index (Phi) is 8.68. The Labute approximate surface area is 254 Å². The average Bonchev–Trinajstić information content (AvgIpc) is 3.42. The van der Waals surface area contributed by atoms with Gasteiger partial charge in [-0.25, -0.2) is 4.79 Å². The average molecular weight is 603 g/mol. The number of esters is 1. The number of aryl methyl sites for hydroxylation is 2. The number of aromatic nitrogens is 1. The molecule has 43 heavy (non-hydrogen) atoms. The molecule has 2 amide bonds. The second kappa shape index (κ2) is 12.6. The van der Waals surface area contributed by atoms with Gasteiger partial charge in [0.15, 0.2) is 0 Å². The van der Waals surface area contributed by atoms with Gasteiger partial charge in [-0.3, -0.25) is 9.59 Å². The summed E-state index contributed by atoms with van der Waals surface area (Å²) in [5.74, 6) is -0.187. The summed E-state index contributed by atoms with van der Waals surface area (Å²) >= 11 is 6.65. The van der Waals surface area contributed by atoms with Crippen LogP contribution in [0, 0.1) is 13.8 Å². The van der Waals surface area contributed by atoms with E-state index in [1.807, 2.05) is 42.2 Å². The smallest absolute Gasteiger partial charge is 0.340 e. The number of carbonyl (C=O) groups is 3. The molecule has 0 spiro atoms. The van der Waals surface area contributed by atoms with Gasteiger partial charge in [0.05, 0.1) is 36.2 Å². The van der Waals surface area contributed by atoms with Gasteiger partial charge >= 0.3 is 5.97 Å². The first kappa shape index (κ1) is 29.7. The SMILES string of the molecule is COC(=O)c1cc(Cl)c(N2CCN(C(=O)c3c(-c4ccccc4OC)noc3C)CC2)cc1NC(=O)c1ccc(C)cc1. The summed E-state index contributed by atoms with van der Waals surface area (Å²) in [7, 11) is 2.83. The number of rotatable bonds is 7. The Balaban J connectivity index is 1.37. The van der Waals surface area contributed by atoms with Crippen LogP contribution in [-0.2, 0) is 4.74 Å². The highest BCUT2D eigenvalue weighted by Gasteiger charge is 2.30. The highest BCUT2D eigenvalue weighted by molar-refractivity contribution is 6.34. The Bertz CT molecular complexity index is 1680. The molecular formula is C32H31ClN4O6. The van der Waals surface area contributed by atoms with Gasteiger partial charge in [0.25, 0.3) is 11.8 Å². The second-order valence-electron chi connectivity index (χ2n) is 10.1. The van der Waals surface area contributed by atoms with E-state index in [2.05, 4.69) is 10.5 Å². The lowest BCUT2D eigenvalue weighted by Gasteiger charge is -2.36. The number of anilines is 2. The van der Waals surface area contributed by atoms with Gasteiger partial charge in [-0.15, -0.1) is 0 Å². The number of carbonyl (C=O) groups excluding carboxylic acids is 3. The number of hydrogen-bond acceptors (Lipinski definition) is 8. The number of halogens is 1. The van der Waals surface area contributed by atoms with E-state index in [9.17, 15) is 14.4 Å². The first-order valence-corrected chi connectivity index (χ1v) is 14.0. The molecule has 0 unspecified atom stereocenters. The molecule has 1 aliphatic heterocycles. The second-order valence-corrected chi connectivity index (χ2v) is 10.5. The van der Waals surface area contributed by atoms with Gasteiger partial charge in [-0.1, -0.05) is 46.6 Å². The quantitative estimate of drug-likeness (QED) is 0.271. The third-order valence-corrected chi connectivity index (χ3v) is 7.70. The topological polar surface area (TPSA) is 114 Å². The molecule has 0 saturated carbocycles. The largest absolute Gasteiger partial charge is 0.496 e. The van der Waals surface area contributed by atoms with Gasteiger partial charge in [0.1, 0.15) is 22.8 Å². The Morgan fingerprint density at radius 2 is 1.65 bits per heavy atom. The molecule has 1 fully saturated rings. The van der Waals surface area contributed by atoms with Crippen LogP contribution in [0.25, 0.3) is 11.3 Å². The van der Waals surface area contributed by atoms with E-state index in [1.165, 1.54) is 13.2 Å². The van der Waals surface area contributed by atoms with Crippen LogP contribution in [0.2, 0.25) is 5.02 Å². The number of nitrogens with one attached hydrogen (secondary N) is 1. The van der Waals surface area contributed by atoms with E-state index in [0.29, 0.717) is 70.8 Å². The molecular weight excluding hydrogens is 572 g/mol. The lowest BCUT2D eigenvalue weighted by atomic mass is 10.0. The number of nitrogens with zero attached hydrogens (tertiary/aromatic N) is 3. The van der Waals surface area contributed by atoms with Crippen LogP contribution in [0.4, 0.5) is 11.4 Å². The Morgan fingerprint density at radius 3 is 2.33 bits per heavy atom. The summed E-state index contributed by atoms with van der Waals surface area (Å²) in [5.41, 5.74) is 3.99. The molecule has 4 aromatic rings. The molecule has 1 aliphatic rings. The van der Waals surface area contributed by atoms with Crippen LogP contribution in [0.1, 0.15) is 42.4 Å². The maximum absolute atomic E-state index is 13.7. The fourth-order valence-corrected chi connectivity index (χ4v) is 5.33. The molecule has 222 valence electrons. The summed E-state index contributed by atoms with van der Waals surface area (Å²) in [4.78, 5) is 43.0. The molecule has 3 aromatic carbocycles. The van der Waals surface area contributed by atoms with Crippen molar-refractivity contribution >= 4 is 40.8 Å². The number of piperazine rings is 1. The Morgan fingerprint density at radius 1 is 0.953 bits per heavy atom. The van der Waals surface area contributed by atoms with E-state index in [4.69, 9.17) is 25.6 Å². The van der Waals surface area contributed by atoms with Gasteiger partial charge in [0.2, 0.25) is 0 Å². The zero-order chi connectivity index (χ0) is 30.7. The standard InChI is InChI=1S/C32H31ClN4O6/c1-19-9-11-21(12-10-19)30(38)34-25-18-26(24(33)17-23(25)32(40)42-4)36-13-15-37(16-14-36)31(39)28-20(2)43-35-29(28)22-7-5-6-8-27(22)41-3/h5-12,17-18H,13-16H2,1-4H3,(H,34,38). The summed E-state index contributed by atoms with van der Waals surface area (Å²) < 4.78 is 15.8. The van der Waals surface area contributed by atoms with Crippen LogP contribution in [0.3, 0.4) is 0 Å². The summed E-state index contributed by atoms with van der Waals surface area (Å²) in [6.07, 6.45) is 0. The molecule has 0 bridgehead atoms. The van der Waals surface area contributed by atoms with Crippen molar-refractivity contribution in [1.82, 2.24) is 10.1 Å². The van der Waals surface area contributed by atoms with E-state index >= 15 is 0 Å². The van der Waals surface area contributed by atoms with Crippen LogP contribution < -0.4 is 15.0 Å². The third kappa shape index (κ3) is 6.05. The van der Waals surface area contributed by atoms with Gasteiger partial charge in [-0.2, -0.15) is 0 Å². The van der Waals surface area contributed by atoms with Gasteiger partial charge < -0.3 is 29.1 Å². The van der Waals surface area contributed by atoms with Crippen molar-refractivity contribution in [3.63, 3.8) is 0 Å². The van der Waals surface area contributed by atoms with Crippen molar-refractivity contribution in [3.8, 4) is 17.0 Å². The fourth-order valence-electron chi connectivity index (χ4n) is 5.04. The molecule has 1 aromatic heterocycles. The molecule has 2 heterocycles. The molecule has 11 heteroatoms. The number of hydrogen-bond donors (Lipinski definition) is 1. The summed E-state index contributed by atoms with van der Waals surface area (Å²) in [6, 6.07) is 17.6. The third-order valence-electron chi connectivity index (χ3n) is 7.40. The highest BCUT2D eigenvalue weighted by atomic mass is 35.5. The van der Waals surface area contributed by atoms with E-state index in [-0.39, 0.29) is 23.1 Å². The van der Waals surface area contributed by atoms with E-state index in [0.717, 1.165) is 5.56 Å². The predicted molar refractivity (Wildman–Crippen MR) is 163 cm³/mol. The number of benzene rings is 3. The monoisotopic (exact) mass is 602 g/mol. The van der Waals surface area contributed by atoms with Crippen LogP contribution in [0.15, 0.2) is 65.2 Å². The number of para-hydroxylation sites is 1. The van der Waals surface area contributed by atoms with Crippen molar-refractivity contribution in [2.24, 2.45) is 0 Å². The maximum atomic E-state index is 13.7. The van der Waals surface area contributed by atoms with E-state index in [1.54, 1.807) is 43.2 Å². The lowest BCUT2D eigenvalue weighted by Crippen LogP contribution is -2.49. The molecule has 0 aliphatic carbocycles. The summed E-state index contributed by atoms with van der Waals surface area (Å²) in [5, 5.41) is 7.33. The van der Waals surface area contributed by atoms with Crippen molar-refractivity contribution < 1.29 is 28.4 Å². The number of methoxy groups -OCH3 is 2. The molecule has 1 saturated heterocycles. The van der Waals surface area contributed by atoms with Crippen LogP contribution >= 0.6 is 11.6 Å². The maximum Gasteiger partial charge on any atom is 0.340 e.